The predicted octanol–water partition coefficient (Wildman–Crippen LogP) is 3.04. The highest BCUT2D eigenvalue weighted by atomic mass is 19.1. The van der Waals surface area contributed by atoms with Crippen LogP contribution in [0.25, 0.3) is 0 Å². The van der Waals surface area contributed by atoms with E-state index in [1.54, 1.807) is 24.4 Å². The van der Waals surface area contributed by atoms with E-state index < -0.39 is 0 Å². The highest BCUT2D eigenvalue weighted by Crippen LogP contribution is 2.21. The largest absolute Gasteiger partial charge is 0.491 e. The topological polar surface area (TPSA) is 47.4 Å². The second-order valence-electron chi connectivity index (χ2n) is 6.00. The van der Waals surface area contributed by atoms with Gasteiger partial charge in [-0.15, -0.1) is 0 Å². The van der Waals surface area contributed by atoms with Gasteiger partial charge in [0.15, 0.2) is 11.6 Å². The molecule has 0 N–H and O–H groups in total. The molecular weight excluding hydrogens is 309 g/mol. The summed E-state index contributed by atoms with van der Waals surface area (Å²) in [7, 11) is 0. The van der Waals surface area contributed by atoms with E-state index in [0.29, 0.717) is 26.0 Å². The van der Waals surface area contributed by atoms with Crippen LogP contribution in [-0.2, 0) is 4.79 Å². The third kappa shape index (κ3) is 4.13. The molecule has 0 aliphatic carbocycles. The molecule has 1 fully saturated rings. The lowest BCUT2D eigenvalue weighted by Crippen LogP contribution is -2.40. The predicted molar refractivity (Wildman–Crippen MR) is 88.2 cm³/mol. The van der Waals surface area contributed by atoms with Crippen LogP contribution >= 0.6 is 0 Å². The summed E-state index contributed by atoms with van der Waals surface area (Å²) in [4.78, 5) is 14.3. The lowest BCUT2D eigenvalue weighted by atomic mass is 10.1. The normalized spacial score (nSPS) is 17.7. The Labute approximate surface area is 141 Å². The van der Waals surface area contributed by atoms with E-state index in [-0.39, 0.29) is 23.5 Å². The number of carbonyl (C=O) groups excluding carboxylic acids is 1. The van der Waals surface area contributed by atoms with E-state index in [9.17, 15) is 9.18 Å². The molecule has 5 nitrogen and oxygen atoms in total. The number of likely N-dealkylation sites (tertiary alicyclic amines) is 1. The highest BCUT2D eigenvalue weighted by Gasteiger charge is 2.24. The standard InChI is InChI=1S/C18H22FN3O2/c19-16-7-1-2-8-17(16)24-13-4-9-18(23)21-11-3-6-15(14-21)22-12-5-10-20-22/h1-2,5,7-8,10,12,15H,3-4,6,9,11,13-14H2/t15-/m0/s1. The lowest BCUT2D eigenvalue weighted by Gasteiger charge is -2.33. The molecule has 1 saturated heterocycles. The zero-order valence-electron chi connectivity index (χ0n) is 13.6. The number of hydrogen-bond acceptors (Lipinski definition) is 3. The van der Waals surface area contributed by atoms with Crippen LogP contribution in [0.3, 0.4) is 0 Å². The number of ether oxygens (including phenoxy) is 1. The second-order valence-corrected chi connectivity index (χ2v) is 6.00. The maximum absolute atomic E-state index is 13.4. The van der Waals surface area contributed by atoms with Crippen molar-refractivity contribution in [1.29, 1.82) is 0 Å². The minimum Gasteiger partial charge on any atom is -0.491 e. The van der Waals surface area contributed by atoms with Crippen molar-refractivity contribution in [1.82, 2.24) is 14.7 Å². The van der Waals surface area contributed by atoms with Crippen molar-refractivity contribution in [3.63, 3.8) is 0 Å². The number of para-hydroxylation sites is 1. The first-order valence-electron chi connectivity index (χ1n) is 8.38. The Hall–Kier alpha value is -2.37. The summed E-state index contributed by atoms with van der Waals surface area (Å²) >= 11 is 0. The number of amides is 1. The molecule has 1 aromatic heterocycles. The smallest absolute Gasteiger partial charge is 0.222 e. The molecule has 2 aromatic rings. The van der Waals surface area contributed by atoms with Crippen molar-refractivity contribution in [2.24, 2.45) is 0 Å². The summed E-state index contributed by atoms with van der Waals surface area (Å²) in [6.07, 6.45) is 6.74. The summed E-state index contributed by atoms with van der Waals surface area (Å²) in [5.41, 5.74) is 0. The molecule has 0 unspecified atom stereocenters. The third-order valence-electron chi connectivity index (χ3n) is 4.28. The van der Waals surface area contributed by atoms with Gasteiger partial charge >= 0.3 is 0 Å². The van der Waals surface area contributed by atoms with Crippen LogP contribution in [0.4, 0.5) is 4.39 Å². The van der Waals surface area contributed by atoms with E-state index in [1.165, 1.54) is 6.07 Å². The molecule has 128 valence electrons. The highest BCUT2D eigenvalue weighted by molar-refractivity contribution is 5.76. The van der Waals surface area contributed by atoms with Gasteiger partial charge in [0.1, 0.15) is 0 Å². The Balaban J connectivity index is 1.42. The first-order valence-corrected chi connectivity index (χ1v) is 8.38. The molecule has 6 heteroatoms. The lowest BCUT2D eigenvalue weighted by molar-refractivity contribution is -0.133. The van der Waals surface area contributed by atoms with Gasteiger partial charge in [-0.3, -0.25) is 9.48 Å². The summed E-state index contributed by atoms with van der Waals surface area (Å²) in [6, 6.07) is 8.47. The van der Waals surface area contributed by atoms with E-state index in [2.05, 4.69) is 5.10 Å². The fraction of sp³-hybridized carbons (Fsp3) is 0.444. The first-order chi connectivity index (χ1) is 11.7. The van der Waals surface area contributed by atoms with Gasteiger partial charge in [0.25, 0.3) is 0 Å². The number of piperidine rings is 1. The van der Waals surface area contributed by atoms with Crippen LogP contribution in [0.2, 0.25) is 0 Å². The molecular formula is C18H22FN3O2. The average Bonchev–Trinajstić information content (AvgIpc) is 3.15. The molecule has 2 heterocycles. The molecule has 24 heavy (non-hydrogen) atoms. The molecule has 1 aromatic carbocycles. The van der Waals surface area contributed by atoms with Crippen molar-refractivity contribution in [3.05, 3.63) is 48.5 Å². The van der Waals surface area contributed by atoms with E-state index >= 15 is 0 Å². The molecule has 1 aliphatic rings. The number of aromatic nitrogens is 2. The molecule has 1 atom stereocenters. The molecule has 1 aliphatic heterocycles. The van der Waals surface area contributed by atoms with Gasteiger partial charge in [0.2, 0.25) is 5.91 Å². The van der Waals surface area contributed by atoms with Gasteiger partial charge in [0, 0.05) is 31.9 Å². The molecule has 1 amide bonds. The van der Waals surface area contributed by atoms with Crippen molar-refractivity contribution in [2.45, 2.75) is 31.7 Å². The first kappa shape index (κ1) is 16.5. The fourth-order valence-electron chi connectivity index (χ4n) is 3.02. The number of nitrogens with zero attached hydrogens (tertiary/aromatic N) is 3. The molecule has 3 rings (SSSR count). The van der Waals surface area contributed by atoms with Gasteiger partial charge in [-0.2, -0.15) is 5.10 Å². The molecule has 0 saturated carbocycles. The Morgan fingerprint density at radius 3 is 3.00 bits per heavy atom. The summed E-state index contributed by atoms with van der Waals surface area (Å²) in [5, 5.41) is 4.27. The van der Waals surface area contributed by atoms with Crippen LogP contribution in [-0.4, -0.2) is 40.3 Å². The summed E-state index contributed by atoms with van der Waals surface area (Å²) < 4.78 is 20.8. The minimum absolute atomic E-state index is 0.129. The molecule has 0 spiro atoms. The fourth-order valence-corrected chi connectivity index (χ4v) is 3.02. The third-order valence-corrected chi connectivity index (χ3v) is 4.28. The van der Waals surface area contributed by atoms with E-state index in [0.717, 1.165) is 19.4 Å². The van der Waals surface area contributed by atoms with E-state index in [1.807, 2.05) is 21.8 Å². The zero-order chi connectivity index (χ0) is 16.8. The zero-order valence-corrected chi connectivity index (χ0v) is 13.6. The molecule has 0 bridgehead atoms. The Morgan fingerprint density at radius 1 is 1.33 bits per heavy atom. The monoisotopic (exact) mass is 331 g/mol. The quantitative estimate of drug-likeness (QED) is 0.765. The number of carbonyl (C=O) groups is 1. The van der Waals surface area contributed by atoms with Gasteiger partial charge in [0.05, 0.1) is 12.6 Å². The van der Waals surface area contributed by atoms with Gasteiger partial charge < -0.3 is 9.64 Å². The van der Waals surface area contributed by atoms with Crippen LogP contribution < -0.4 is 4.74 Å². The van der Waals surface area contributed by atoms with Crippen LogP contribution in [0, 0.1) is 5.82 Å². The maximum Gasteiger partial charge on any atom is 0.222 e. The number of benzene rings is 1. The maximum atomic E-state index is 13.4. The van der Waals surface area contributed by atoms with E-state index in [4.69, 9.17) is 4.74 Å². The second kappa shape index (κ2) is 7.95. The van der Waals surface area contributed by atoms with Gasteiger partial charge in [-0.05, 0) is 37.5 Å². The van der Waals surface area contributed by atoms with Gasteiger partial charge in [-0.25, -0.2) is 4.39 Å². The van der Waals surface area contributed by atoms with Crippen LogP contribution in [0.5, 0.6) is 5.75 Å². The van der Waals surface area contributed by atoms with Crippen molar-refractivity contribution >= 4 is 5.91 Å². The Kier molecular flexibility index (Phi) is 5.46. The summed E-state index contributed by atoms with van der Waals surface area (Å²) in [6.45, 7) is 1.84. The number of halogens is 1. The number of hydrogen-bond donors (Lipinski definition) is 0. The molecule has 0 radical (unpaired) electrons. The van der Waals surface area contributed by atoms with Crippen molar-refractivity contribution in [2.75, 3.05) is 19.7 Å². The average molecular weight is 331 g/mol. The van der Waals surface area contributed by atoms with Crippen molar-refractivity contribution in [3.8, 4) is 5.75 Å². The Bertz CT molecular complexity index is 660. The van der Waals surface area contributed by atoms with Crippen LogP contribution in [0.1, 0.15) is 31.7 Å². The minimum atomic E-state index is -0.373. The van der Waals surface area contributed by atoms with Crippen LogP contribution in [0.15, 0.2) is 42.7 Å². The Morgan fingerprint density at radius 2 is 2.21 bits per heavy atom. The van der Waals surface area contributed by atoms with Gasteiger partial charge in [-0.1, -0.05) is 12.1 Å². The van der Waals surface area contributed by atoms with Crippen molar-refractivity contribution < 1.29 is 13.9 Å². The SMILES string of the molecule is O=C(CCCOc1ccccc1F)N1CCC[C@H](n2cccn2)C1. The number of rotatable bonds is 6. The summed E-state index contributed by atoms with van der Waals surface area (Å²) in [5.74, 6) is -0.00687.